The van der Waals surface area contributed by atoms with Crippen LogP contribution in [0.25, 0.3) is 0 Å². The Kier molecular flexibility index (Phi) is 11.5. The van der Waals surface area contributed by atoms with Crippen molar-refractivity contribution in [2.24, 2.45) is 16.3 Å². The van der Waals surface area contributed by atoms with Gasteiger partial charge in [0.25, 0.3) is 0 Å². The van der Waals surface area contributed by atoms with Gasteiger partial charge in [-0.1, -0.05) is 40.0 Å². The van der Waals surface area contributed by atoms with Crippen molar-refractivity contribution in [1.29, 1.82) is 0 Å². The molecule has 0 aromatic rings. The Morgan fingerprint density at radius 3 is 2.55 bits per heavy atom. The molecule has 0 aliphatic heterocycles. The number of ether oxygens (including phenoxy) is 1. The minimum atomic E-state index is 0.226. The standard InChI is InChI=1S/C15H34N4O/c1-5-7-8-10-15(3,4)13-18-14(19-16)17-11-9-12-20-6-2/h5-13,16H2,1-4H3,(H2,17,18,19). The first kappa shape index (κ1) is 19.2. The second kappa shape index (κ2) is 12.0. The fourth-order valence-electron chi connectivity index (χ4n) is 1.90. The van der Waals surface area contributed by atoms with Crippen LogP contribution in [0.1, 0.15) is 59.8 Å². The number of hydrogen-bond acceptors (Lipinski definition) is 3. The molecule has 0 aliphatic rings. The molecule has 0 spiro atoms. The Hall–Kier alpha value is -0.810. The molecule has 0 aromatic heterocycles. The van der Waals surface area contributed by atoms with Crippen molar-refractivity contribution in [3.8, 4) is 0 Å². The fraction of sp³-hybridized carbons (Fsp3) is 0.933. The maximum Gasteiger partial charge on any atom is 0.205 e. The number of nitrogens with zero attached hydrogens (tertiary/aromatic N) is 1. The van der Waals surface area contributed by atoms with Crippen LogP contribution in [-0.4, -0.2) is 32.3 Å². The first-order valence-corrected chi connectivity index (χ1v) is 7.88. The lowest BCUT2D eigenvalue weighted by Crippen LogP contribution is -2.42. The molecule has 0 atom stereocenters. The quantitative estimate of drug-likeness (QED) is 0.179. The molecule has 5 heteroatoms. The lowest BCUT2D eigenvalue weighted by atomic mass is 9.87. The van der Waals surface area contributed by atoms with Gasteiger partial charge in [0.05, 0.1) is 0 Å². The zero-order valence-electron chi connectivity index (χ0n) is 13.8. The van der Waals surface area contributed by atoms with Crippen LogP contribution in [0.2, 0.25) is 0 Å². The average molecular weight is 286 g/mol. The molecule has 5 nitrogen and oxygen atoms in total. The number of guanidine groups is 1. The summed E-state index contributed by atoms with van der Waals surface area (Å²) in [5, 5.41) is 3.20. The van der Waals surface area contributed by atoms with Crippen LogP contribution in [-0.2, 0) is 4.74 Å². The molecular weight excluding hydrogens is 252 g/mol. The first-order valence-electron chi connectivity index (χ1n) is 7.88. The van der Waals surface area contributed by atoms with E-state index in [2.05, 4.69) is 36.5 Å². The van der Waals surface area contributed by atoms with Gasteiger partial charge < -0.3 is 10.1 Å². The average Bonchev–Trinajstić information content (AvgIpc) is 2.42. The third-order valence-electron chi connectivity index (χ3n) is 3.22. The number of aliphatic imine (C=N–C) groups is 1. The number of nitrogens with two attached hydrogens (primary N) is 1. The van der Waals surface area contributed by atoms with Crippen LogP contribution in [0.4, 0.5) is 0 Å². The number of nitrogens with one attached hydrogen (secondary N) is 2. The van der Waals surface area contributed by atoms with Gasteiger partial charge in [0.1, 0.15) is 0 Å². The van der Waals surface area contributed by atoms with Crippen LogP contribution >= 0.6 is 0 Å². The third kappa shape index (κ3) is 11.1. The Labute approximate surface area is 124 Å². The molecule has 120 valence electrons. The van der Waals surface area contributed by atoms with Gasteiger partial charge in [-0.15, -0.1) is 0 Å². The summed E-state index contributed by atoms with van der Waals surface area (Å²) >= 11 is 0. The molecule has 0 radical (unpaired) electrons. The number of rotatable bonds is 11. The topological polar surface area (TPSA) is 71.7 Å². The molecule has 0 aliphatic carbocycles. The number of unbranched alkanes of at least 4 members (excludes halogenated alkanes) is 2. The molecule has 0 saturated carbocycles. The van der Waals surface area contributed by atoms with Crippen LogP contribution in [0.5, 0.6) is 0 Å². The maximum atomic E-state index is 5.49. The van der Waals surface area contributed by atoms with E-state index >= 15 is 0 Å². The van der Waals surface area contributed by atoms with Crippen molar-refractivity contribution in [3.05, 3.63) is 0 Å². The summed E-state index contributed by atoms with van der Waals surface area (Å²) in [6.07, 6.45) is 5.98. The molecule has 0 unspecified atom stereocenters. The van der Waals surface area contributed by atoms with E-state index in [1.165, 1.54) is 25.7 Å². The van der Waals surface area contributed by atoms with Gasteiger partial charge in [-0.05, 0) is 25.2 Å². The van der Waals surface area contributed by atoms with E-state index in [9.17, 15) is 0 Å². The van der Waals surface area contributed by atoms with Gasteiger partial charge in [0.2, 0.25) is 5.96 Å². The van der Waals surface area contributed by atoms with E-state index in [4.69, 9.17) is 10.6 Å². The molecule has 0 heterocycles. The Balaban J connectivity index is 3.96. The molecule has 4 N–H and O–H groups in total. The summed E-state index contributed by atoms with van der Waals surface area (Å²) in [6, 6.07) is 0. The van der Waals surface area contributed by atoms with Crippen LogP contribution in [0.3, 0.4) is 0 Å². The van der Waals surface area contributed by atoms with E-state index in [1.807, 2.05) is 6.92 Å². The van der Waals surface area contributed by atoms with Gasteiger partial charge in [0, 0.05) is 26.3 Å². The third-order valence-corrected chi connectivity index (χ3v) is 3.22. The van der Waals surface area contributed by atoms with Crippen molar-refractivity contribution in [3.63, 3.8) is 0 Å². The minimum Gasteiger partial charge on any atom is -0.382 e. The highest BCUT2D eigenvalue weighted by Crippen LogP contribution is 2.23. The molecule has 20 heavy (non-hydrogen) atoms. The SMILES string of the molecule is CCCCCC(C)(C)CN=C(NN)NCCCOCC. The minimum absolute atomic E-state index is 0.226. The van der Waals surface area contributed by atoms with Gasteiger partial charge in [0.15, 0.2) is 0 Å². The van der Waals surface area contributed by atoms with Gasteiger partial charge >= 0.3 is 0 Å². The van der Waals surface area contributed by atoms with Crippen LogP contribution in [0, 0.1) is 5.41 Å². The van der Waals surface area contributed by atoms with E-state index in [1.54, 1.807) is 0 Å². The number of hydrogen-bond donors (Lipinski definition) is 3. The van der Waals surface area contributed by atoms with E-state index in [-0.39, 0.29) is 5.41 Å². The lowest BCUT2D eigenvalue weighted by molar-refractivity contribution is 0.145. The van der Waals surface area contributed by atoms with Crippen molar-refractivity contribution < 1.29 is 4.74 Å². The zero-order valence-corrected chi connectivity index (χ0v) is 13.8. The summed E-state index contributed by atoms with van der Waals surface area (Å²) in [6.45, 7) is 11.9. The highest BCUT2D eigenvalue weighted by atomic mass is 16.5. The number of hydrazine groups is 1. The van der Waals surface area contributed by atoms with Crippen molar-refractivity contribution in [1.82, 2.24) is 10.7 Å². The molecule has 0 rings (SSSR count). The second-order valence-corrected chi connectivity index (χ2v) is 5.91. The summed E-state index contributed by atoms with van der Waals surface area (Å²) < 4.78 is 5.29. The Morgan fingerprint density at radius 2 is 1.95 bits per heavy atom. The molecule has 0 aromatic carbocycles. The predicted octanol–water partition coefficient (Wildman–Crippen LogP) is 2.43. The molecule has 0 amide bonds. The maximum absolute atomic E-state index is 5.49. The largest absolute Gasteiger partial charge is 0.382 e. The lowest BCUT2D eigenvalue weighted by Gasteiger charge is -2.22. The fourth-order valence-corrected chi connectivity index (χ4v) is 1.90. The second-order valence-electron chi connectivity index (χ2n) is 5.91. The van der Waals surface area contributed by atoms with Gasteiger partial charge in [-0.3, -0.25) is 10.4 Å². The monoisotopic (exact) mass is 286 g/mol. The smallest absolute Gasteiger partial charge is 0.205 e. The Bertz CT molecular complexity index is 254. The normalized spacial score (nSPS) is 12.6. The van der Waals surface area contributed by atoms with E-state index < -0.39 is 0 Å². The summed E-state index contributed by atoms with van der Waals surface area (Å²) in [5.41, 5.74) is 2.86. The van der Waals surface area contributed by atoms with E-state index in [0.29, 0.717) is 5.96 Å². The highest BCUT2D eigenvalue weighted by Gasteiger charge is 2.16. The van der Waals surface area contributed by atoms with Crippen molar-refractivity contribution >= 4 is 5.96 Å². The van der Waals surface area contributed by atoms with Crippen LogP contribution < -0.4 is 16.6 Å². The van der Waals surface area contributed by atoms with Gasteiger partial charge in [-0.2, -0.15) is 0 Å². The highest BCUT2D eigenvalue weighted by molar-refractivity contribution is 5.79. The zero-order chi connectivity index (χ0) is 15.3. The van der Waals surface area contributed by atoms with Crippen molar-refractivity contribution in [2.75, 3.05) is 26.3 Å². The Morgan fingerprint density at radius 1 is 1.20 bits per heavy atom. The first-order chi connectivity index (χ1) is 9.55. The van der Waals surface area contributed by atoms with Crippen molar-refractivity contribution in [2.45, 2.75) is 59.8 Å². The van der Waals surface area contributed by atoms with Gasteiger partial charge in [-0.25, -0.2) is 5.84 Å². The predicted molar refractivity (Wildman–Crippen MR) is 86.7 cm³/mol. The molecular formula is C15H34N4O. The summed E-state index contributed by atoms with van der Waals surface area (Å²) in [4.78, 5) is 4.54. The van der Waals surface area contributed by atoms with E-state index in [0.717, 1.165) is 32.7 Å². The molecule has 0 fully saturated rings. The summed E-state index contributed by atoms with van der Waals surface area (Å²) in [5.74, 6) is 6.16. The molecule has 0 saturated heterocycles. The summed E-state index contributed by atoms with van der Waals surface area (Å²) in [7, 11) is 0. The van der Waals surface area contributed by atoms with Crippen LogP contribution in [0.15, 0.2) is 4.99 Å². The molecule has 0 bridgehead atoms.